The molecule has 0 amide bonds. The van der Waals surface area contributed by atoms with Gasteiger partial charge >= 0.3 is 0 Å². The molecule has 0 spiro atoms. The maximum absolute atomic E-state index is 11.9. The lowest BCUT2D eigenvalue weighted by Crippen LogP contribution is -2.07. The van der Waals surface area contributed by atoms with E-state index in [-0.39, 0.29) is 5.56 Å². The zero-order valence-electron chi connectivity index (χ0n) is 9.96. The predicted octanol–water partition coefficient (Wildman–Crippen LogP) is 3.51. The van der Waals surface area contributed by atoms with E-state index in [9.17, 15) is 4.79 Å². The Hall–Kier alpha value is -2.33. The summed E-state index contributed by atoms with van der Waals surface area (Å²) in [6.07, 6.45) is 1.93. The van der Waals surface area contributed by atoms with Gasteiger partial charge < -0.3 is 9.38 Å². The summed E-state index contributed by atoms with van der Waals surface area (Å²) in [5.41, 5.74) is 2.70. The highest BCUT2D eigenvalue weighted by Crippen LogP contribution is 2.32. The summed E-state index contributed by atoms with van der Waals surface area (Å²) < 4.78 is 1.95. The van der Waals surface area contributed by atoms with E-state index < -0.39 is 0 Å². The Morgan fingerprint density at radius 3 is 2.74 bits per heavy atom. The summed E-state index contributed by atoms with van der Waals surface area (Å²) in [6.45, 7) is 0. The molecule has 0 atom stereocenters. The number of fused-ring (bicyclic) bond motifs is 3. The Morgan fingerprint density at radius 2 is 1.89 bits per heavy atom. The van der Waals surface area contributed by atoms with Gasteiger partial charge in [-0.05, 0) is 23.8 Å². The summed E-state index contributed by atoms with van der Waals surface area (Å²) in [5.74, 6) is 0. The number of benzene rings is 1. The van der Waals surface area contributed by atoms with Gasteiger partial charge in [0, 0.05) is 11.1 Å². The summed E-state index contributed by atoms with van der Waals surface area (Å²) >= 11 is 1.69. The van der Waals surface area contributed by atoms with Crippen molar-refractivity contribution in [2.24, 2.45) is 0 Å². The van der Waals surface area contributed by atoms with Gasteiger partial charge in [0.15, 0.2) is 0 Å². The third kappa shape index (κ3) is 1.54. The second-order valence-corrected chi connectivity index (χ2v) is 5.44. The van der Waals surface area contributed by atoms with E-state index in [4.69, 9.17) is 0 Å². The third-order valence-corrected chi connectivity index (χ3v) is 4.40. The van der Waals surface area contributed by atoms with Crippen LogP contribution in [0.25, 0.3) is 26.3 Å². The lowest BCUT2D eigenvalue weighted by Gasteiger charge is -1.95. The van der Waals surface area contributed by atoms with Crippen molar-refractivity contribution < 1.29 is 0 Å². The molecular weight excluding hydrogens is 256 g/mol. The molecule has 0 radical (unpaired) electrons. The molecule has 4 heteroatoms. The van der Waals surface area contributed by atoms with Crippen LogP contribution in [-0.4, -0.2) is 9.38 Å². The van der Waals surface area contributed by atoms with E-state index in [2.05, 4.69) is 17.1 Å². The molecule has 0 aliphatic carbocycles. The van der Waals surface area contributed by atoms with Crippen LogP contribution < -0.4 is 5.56 Å². The van der Waals surface area contributed by atoms with Crippen molar-refractivity contribution in [2.45, 2.75) is 0 Å². The van der Waals surface area contributed by atoms with Gasteiger partial charge in [-0.2, -0.15) is 0 Å². The van der Waals surface area contributed by atoms with Crippen molar-refractivity contribution in [2.75, 3.05) is 0 Å². The standard InChI is InChI=1S/C15H10N2OS/c18-14-12-7-4-8-17(12)15-11(16-14)9-13(19-15)10-5-2-1-3-6-10/h1-9H,(H,16,18). The molecule has 3 heterocycles. The Morgan fingerprint density at radius 1 is 1.05 bits per heavy atom. The van der Waals surface area contributed by atoms with Crippen LogP contribution in [0.5, 0.6) is 0 Å². The molecule has 19 heavy (non-hydrogen) atoms. The molecule has 0 saturated carbocycles. The first-order chi connectivity index (χ1) is 9.33. The minimum atomic E-state index is -0.0464. The maximum Gasteiger partial charge on any atom is 0.272 e. The fourth-order valence-electron chi connectivity index (χ4n) is 2.32. The molecule has 0 bridgehead atoms. The number of hydrogen-bond donors (Lipinski definition) is 1. The number of H-pyrrole nitrogens is 1. The number of nitrogens with zero attached hydrogens (tertiary/aromatic N) is 1. The van der Waals surface area contributed by atoms with E-state index in [1.807, 2.05) is 47.0 Å². The number of hydrogen-bond acceptors (Lipinski definition) is 2. The number of nitrogens with one attached hydrogen (secondary N) is 1. The van der Waals surface area contributed by atoms with Crippen LogP contribution in [-0.2, 0) is 0 Å². The molecule has 4 rings (SSSR count). The van der Waals surface area contributed by atoms with E-state index in [1.165, 1.54) is 5.56 Å². The van der Waals surface area contributed by atoms with Gasteiger partial charge in [0.2, 0.25) is 0 Å². The first-order valence-corrected chi connectivity index (χ1v) is 6.83. The van der Waals surface area contributed by atoms with Crippen molar-refractivity contribution in [3.8, 4) is 10.4 Å². The van der Waals surface area contributed by atoms with Crippen LogP contribution >= 0.6 is 11.3 Å². The van der Waals surface area contributed by atoms with E-state index in [0.717, 1.165) is 15.2 Å². The SMILES string of the molecule is O=c1[nH]c2cc(-c3ccccc3)sc2n2cccc12. The highest BCUT2D eigenvalue weighted by molar-refractivity contribution is 7.21. The van der Waals surface area contributed by atoms with Crippen LogP contribution in [0.1, 0.15) is 0 Å². The Bertz CT molecular complexity index is 931. The number of rotatable bonds is 1. The second kappa shape index (κ2) is 3.83. The van der Waals surface area contributed by atoms with Crippen LogP contribution in [0, 0.1) is 0 Å². The van der Waals surface area contributed by atoms with Crippen molar-refractivity contribution in [3.05, 3.63) is 65.1 Å². The number of aromatic nitrogens is 2. The van der Waals surface area contributed by atoms with Gasteiger partial charge in [-0.3, -0.25) is 4.79 Å². The van der Waals surface area contributed by atoms with Crippen LogP contribution in [0.2, 0.25) is 0 Å². The predicted molar refractivity (Wildman–Crippen MR) is 78.8 cm³/mol. The fraction of sp³-hybridized carbons (Fsp3) is 0. The Kier molecular flexibility index (Phi) is 2.13. The zero-order chi connectivity index (χ0) is 12.8. The van der Waals surface area contributed by atoms with Crippen LogP contribution in [0.15, 0.2) is 59.5 Å². The van der Waals surface area contributed by atoms with Gasteiger partial charge in [-0.1, -0.05) is 30.3 Å². The number of aromatic amines is 1. The molecule has 92 valence electrons. The Balaban J connectivity index is 2.09. The molecule has 0 saturated heterocycles. The zero-order valence-corrected chi connectivity index (χ0v) is 10.8. The average molecular weight is 266 g/mol. The molecule has 0 aliphatic rings. The fourth-order valence-corrected chi connectivity index (χ4v) is 3.44. The van der Waals surface area contributed by atoms with Crippen LogP contribution in [0.4, 0.5) is 0 Å². The minimum Gasteiger partial charge on any atom is -0.318 e. The molecule has 3 aromatic heterocycles. The monoisotopic (exact) mass is 266 g/mol. The molecular formula is C15H10N2OS. The summed E-state index contributed by atoms with van der Waals surface area (Å²) in [7, 11) is 0. The quantitative estimate of drug-likeness (QED) is 0.562. The van der Waals surface area contributed by atoms with Gasteiger partial charge in [0.1, 0.15) is 10.3 Å². The molecule has 0 unspecified atom stereocenters. The first kappa shape index (κ1) is 10.6. The average Bonchev–Trinajstić information content (AvgIpc) is 3.05. The van der Waals surface area contributed by atoms with Crippen LogP contribution in [0.3, 0.4) is 0 Å². The third-order valence-electron chi connectivity index (χ3n) is 3.22. The normalized spacial score (nSPS) is 11.4. The minimum absolute atomic E-state index is 0.0464. The molecule has 3 nitrogen and oxygen atoms in total. The second-order valence-electron chi connectivity index (χ2n) is 4.41. The van der Waals surface area contributed by atoms with E-state index >= 15 is 0 Å². The van der Waals surface area contributed by atoms with E-state index in [0.29, 0.717) is 5.52 Å². The smallest absolute Gasteiger partial charge is 0.272 e. The van der Waals surface area contributed by atoms with Gasteiger partial charge in [0.25, 0.3) is 5.56 Å². The summed E-state index contributed by atoms with van der Waals surface area (Å²) in [5, 5.41) is 0. The van der Waals surface area contributed by atoms with Crippen molar-refractivity contribution in [1.29, 1.82) is 0 Å². The van der Waals surface area contributed by atoms with Crippen molar-refractivity contribution in [3.63, 3.8) is 0 Å². The summed E-state index contributed by atoms with van der Waals surface area (Å²) in [4.78, 5) is 17.1. The largest absolute Gasteiger partial charge is 0.318 e. The maximum atomic E-state index is 11.9. The Labute approximate surface area is 112 Å². The van der Waals surface area contributed by atoms with Gasteiger partial charge in [-0.15, -0.1) is 11.3 Å². The lowest BCUT2D eigenvalue weighted by atomic mass is 10.2. The summed E-state index contributed by atoms with van der Waals surface area (Å²) in [6, 6.07) is 16.0. The molecule has 0 aliphatic heterocycles. The highest BCUT2D eigenvalue weighted by Gasteiger charge is 2.09. The van der Waals surface area contributed by atoms with Crippen molar-refractivity contribution in [1.82, 2.24) is 9.38 Å². The molecule has 1 N–H and O–H groups in total. The van der Waals surface area contributed by atoms with Crippen molar-refractivity contribution >= 4 is 27.2 Å². The lowest BCUT2D eigenvalue weighted by molar-refractivity contribution is 1.21. The molecule has 0 fully saturated rings. The first-order valence-electron chi connectivity index (χ1n) is 6.01. The molecule has 4 aromatic rings. The topological polar surface area (TPSA) is 37.3 Å². The highest BCUT2D eigenvalue weighted by atomic mass is 32.1. The van der Waals surface area contributed by atoms with Gasteiger partial charge in [0.05, 0.1) is 5.52 Å². The van der Waals surface area contributed by atoms with E-state index in [1.54, 1.807) is 11.3 Å². The molecule has 1 aromatic carbocycles. The van der Waals surface area contributed by atoms with Gasteiger partial charge in [-0.25, -0.2) is 0 Å². The number of thiophene rings is 1.